The molecule has 0 amide bonds. The van der Waals surface area contributed by atoms with Crippen LogP contribution in [0, 0.1) is 0 Å². The van der Waals surface area contributed by atoms with Crippen molar-refractivity contribution in [1.29, 1.82) is 0 Å². The summed E-state index contributed by atoms with van der Waals surface area (Å²) in [6, 6.07) is 10.4. The molecule has 1 unspecified atom stereocenters. The Morgan fingerprint density at radius 3 is 2.69 bits per heavy atom. The molecule has 7 heteroatoms. The highest BCUT2D eigenvalue weighted by atomic mass is 79.9. The van der Waals surface area contributed by atoms with Gasteiger partial charge in [-0.3, -0.25) is 0 Å². The van der Waals surface area contributed by atoms with E-state index >= 15 is 0 Å². The van der Waals surface area contributed by atoms with Crippen molar-refractivity contribution in [1.82, 2.24) is 0 Å². The van der Waals surface area contributed by atoms with Gasteiger partial charge in [-0.05, 0) is 53.2 Å². The highest BCUT2D eigenvalue weighted by Gasteiger charge is 2.24. The summed E-state index contributed by atoms with van der Waals surface area (Å²) in [5, 5.41) is 4.08. The first-order valence-electron chi connectivity index (χ1n) is 7.98. The molecule has 2 aromatic rings. The van der Waals surface area contributed by atoms with Crippen LogP contribution in [0.2, 0.25) is 0 Å². The molecule has 0 aliphatic carbocycles. The third-order valence-corrected chi connectivity index (χ3v) is 4.55. The van der Waals surface area contributed by atoms with E-state index in [0.29, 0.717) is 39.4 Å². The minimum absolute atomic E-state index is 0.0813. The van der Waals surface area contributed by atoms with Crippen molar-refractivity contribution in [2.24, 2.45) is 5.16 Å². The molecule has 6 nitrogen and oxygen atoms in total. The van der Waals surface area contributed by atoms with E-state index in [2.05, 4.69) is 21.1 Å². The van der Waals surface area contributed by atoms with Gasteiger partial charge in [0.2, 0.25) is 0 Å². The molecular weight excluding hydrogens is 402 g/mol. The summed E-state index contributed by atoms with van der Waals surface area (Å²) in [7, 11) is 3.15. The summed E-state index contributed by atoms with van der Waals surface area (Å²) in [4.78, 5) is 17.4. The van der Waals surface area contributed by atoms with Crippen molar-refractivity contribution in [3.63, 3.8) is 0 Å². The number of carbonyl (C=O) groups is 1. The van der Waals surface area contributed by atoms with Crippen LogP contribution in [0.5, 0.6) is 17.2 Å². The quantitative estimate of drug-likeness (QED) is 0.548. The van der Waals surface area contributed by atoms with Crippen LogP contribution in [0.1, 0.15) is 29.3 Å². The molecule has 0 bridgehead atoms. The van der Waals surface area contributed by atoms with Crippen LogP contribution in [-0.4, -0.2) is 32.0 Å². The normalized spacial score (nSPS) is 17.2. The predicted octanol–water partition coefficient (Wildman–Crippen LogP) is 4.20. The summed E-state index contributed by atoms with van der Waals surface area (Å²) in [6.45, 7) is 1.93. The van der Waals surface area contributed by atoms with Gasteiger partial charge in [0.1, 0.15) is 23.4 Å². The summed E-state index contributed by atoms with van der Waals surface area (Å²) in [5.74, 6) is 1.44. The number of carbonyl (C=O) groups excluding carboxylic acids is 1. The minimum atomic E-state index is -0.546. The van der Waals surface area contributed by atoms with Crippen molar-refractivity contribution >= 4 is 27.6 Å². The second-order valence-electron chi connectivity index (χ2n) is 5.76. The highest BCUT2D eigenvalue weighted by Crippen LogP contribution is 2.32. The zero-order valence-electron chi connectivity index (χ0n) is 14.6. The average Bonchev–Trinajstić information content (AvgIpc) is 2.64. The molecule has 0 saturated carbocycles. The van der Waals surface area contributed by atoms with Crippen molar-refractivity contribution in [3.05, 3.63) is 52.0 Å². The maximum atomic E-state index is 12.3. The van der Waals surface area contributed by atoms with E-state index in [1.165, 1.54) is 0 Å². The van der Waals surface area contributed by atoms with Gasteiger partial charge in [-0.15, -0.1) is 0 Å². The smallest absolute Gasteiger partial charge is 0.365 e. The molecule has 0 aromatic heterocycles. The number of hydrogen-bond acceptors (Lipinski definition) is 6. The van der Waals surface area contributed by atoms with Crippen molar-refractivity contribution in [2.45, 2.75) is 19.4 Å². The van der Waals surface area contributed by atoms with Crippen LogP contribution >= 0.6 is 15.9 Å². The molecule has 1 aliphatic rings. The van der Waals surface area contributed by atoms with Crippen molar-refractivity contribution in [2.75, 3.05) is 14.2 Å². The Balaban J connectivity index is 1.82. The second-order valence-corrected chi connectivity index (χ2v) is 6.62. The minimum Gasteiger partial charge on any atom is -0.497 e. The summed E-state index contributed by atoms with van der Waals surface area (Å²) < 4.78 is 16.9. The number of benzene rings is 2. The van der Waals surface area contributed by atoms with Gasteiger partial charge >= 0.3 is 5.97 Å². The van der Waals surface area contributed by atoms with Crippen LogP contribution in [0.25, 0.3) is 0 Å². The Labute approximate surface area is 159 Å². The van der Waals surface area contributed by atoms with Crippen LogP contribution in [0.15, 0.2) is 46.0 Å². The number of oxime groups is 1. The Hall–Kier alpha value is -2.54. The zero-order chi connectivity index (χ0) is 18.7. The standard InChI is InChI=1S/C19H18BrNO5/c1-11-8-16(14-6-5-13(23-2)10-18(14)25-11)21-26-19(22)12-4-7-17(24-3)15(20)9-12/h4-7,9-11H,8H2,1-3H3. The van der Waals surface area contributed by atoms with Gasteiger partial charge in [0.25, 0.3) is 0 Å². The Morgan fingerprint density at radius 1 is 1.19 bits per heavy atom. The number of ether oxygens (including phenoxy) is 3. The van der Waals surface area contributed by atoms with E-state index < -0.39 is 5.97 Å². The number of fused-ring (bicyclic) bond motifs is 1. The Bertz CT molecular complexity index is 865. The van der Waals surface area contributed by atoms with Gasteiger partial charge in [-0.2, -0.15) is 0 Å². The SMILES string of the molecule is COc1ccc2c(c1)OC(C)CC2=NOC(=O)c1ccc(OC)c(Br)c1. The molecule has 0 radical (unpaired) electrons. The zero-order valence-corrected chi connectivity index (χ0v) is 16.2. The Morgan fingerprint density at radius 2 is 2.00 bits per heavy atom. The number of nitrogens with zero attached hydrogens (tertiary/aromatic N) is 1. The highest BCUT2D eigenvalue weighted by molar-refractivity contribution is 9.10. The maximum absolute atomic E-state index is 12.3. The second kappa shape index (κ2) is 7.78. The average molecular weight is 420 g/mol. The van der Waals surface area contributed by atoms with Crippen LogP contribution in [-0.2, 0) is 4.84 Å². The molecule has 0 N–H and O–H groups in total. The number of halogens is 1. The number of methoxy groups -OCH3 is 2. The van der Waals surface area contributed by atoms with Crippen molar-refractivity contribution in [3.8, 4) is 17.2 Å². The molecule has 2 aromatic carbocycles. The molecule has 0 spiro atoms. The van der Waals surface area contributed by atoms with E-state index in [1.54, 1.807) is 38.5 Å². The topological polar surface area (TPSA) is 66.3 Å². The van der Waals surface area contributed by atoms with E-state index in [1.807, 2.05) is 19.1 Å². The monoisotopic (exact) mass is 419 g/mol. The molecule has 26 heavy (non-hydrogen) atoms. The van der Waals surface area contributed by atoms with E-state index in [4.69, 9.17) is 19.0 Å². The lowest BCUT2D eigenvalue weighted by atomic mass is 10.0. The lowest BCUT2D eigenvalue weighted by molar-refractivity contribution is 0.0513. The molecule has 1 atom stereocenters. The van der Waals surface area contributed by atoms with Gasteiger partial charge < -0.3 is 19.0 Å². The lowest BCUT2D eigenvalue weighted by Gasteiger charge is -2.24. The summed E-state index contributed by atoms with van der Waals surface area (Å²) in [5.41, 5.74) is 1.81. The van der Waals surface area contributed by atoms with Gasteiger partial charge in [0.15, 0.2) is 0 Å². The Kier molecular flexibility index (Phi) is 5.46. The number of hydrogen-bond donors (Lipinski definition) is 0. The molecule has 1 aliphatic heterocycles. The fourth-order valence-corrected chi connectivity index (χ4v) is 3.18. The first kappa shape index (κ1) is 18.3. The van der Waals surface area contributed by atoms with Gasteiger partial charge in [0, 0.05) is 18.1 Å². The largest absolute Gasteiger partial charge is 0.497 e. The first-order valence-corrected chi connectivity index (χ1v) is 8.78. The predicted molar refractivity (Wildman–Crippen MR) is 100 cm³/mol. The molecule has 0 fully saturated rings. The van der Waals surface area contributed by atoms with Gasteiger partial charge in [-0.25, -0.2) is 4.79 Å². The molecule has 1 heterocycles. The van der Waals surface area contributed by atoms with Crippen LogP contribution in [0.3, 0.4) is 0 Å². The maximum Gasteiger partial charge on any atom is 0.365 e. The van der Waals surface area contributed by atoms with E-state index in [9.17, 15) is 4.79 Å². The molecule has 0 saturated heterocycles. The molecule has 3 rings (SSSR count). The molecule has 136 valence electrons. The fraction of sp³-hybridized carbons (Fsp3) is 0.263. The third-order valence-electron chi connectivity index (χ3n) is 3.93. The fourth-order valence-electron chi connectivity index (χ4n) is 2.64. The summed E-state index contributed by atoms with van der Waals surface area (Å²) >= 11 is 3.35. The van der Waals surface area contributed by atoms with Gasteiger partial charge in [-0.1, -0.05) is 5.16 Å². The third kappa shape index (κ3) is 3.83. The van der Waals surface area contributed by atoms with Crippen LogP contribution in [0.4, 0.5) is 0 Å². The lowest BCUT2D eigenvalue weighted by Crippen LogP contribution is -2.25. The first-order chi connectivity index (χ1) is 12.5. The summed E-state index contributed by atoms with van der Waals surface area (Å²) in [6.07, 6.45) is 0.459. The van der Waals surface area contributed by atoms with Crippen LogP contribution < -0.4 is 14.2 Å². The van der Waals surface area contributed by atoms with Gasteiger partial charge in [0.05, 0.1) is 30.0 Å². The number of rotatable bonds is 4. The molecular formula is C19H18BrNO5. The van der Waals surface area contributed by atoms with Crippen molar-refractivity contribution < 1.29 is 23.8 Å². The van der Waals surface area contributed by atoms with E-state index in [-0.39, 0.29) is 6.10 Å². The van der Waals surface area contributed by atoms with E-state index in [0.717, 1.165) is 5.56 Å².